The minimum absolute atomic E-state index is 0.391. The van der Waals surface area contributed by atoms with E-state index in [1.807, 2.05) is 6.92 Å². The lowest BCUT2D eigenvalue weighted by Crippen LogP contribution is -2.05. The van der Waals surface area contributed by atoms with Gasteiger partial charge in [-0.05, 0) is 12.8 Å². The molecule has 1 N–H and O–H groups in total. The third-order valence-corrected chi connectivity index (χ3v) is 1.38. The zero-order chi connectivity index (χ0) is 7.98. The maximum Gasteiger partial charge on any atom is 0.0686 e. The highest BCUT2D eigenvalue weighted by Gasteiger charge is 2.01. The zero-order valence-corrected chi connectivity index (χ0v) is 6.43. The fourth-order valence-electron chi connectivity index (χ4n) is 0.686. The minimum atomic E-state index is -0.391. The van der Waals surface area contributed by atoms with Crippen LogP contribution in [0.25, 0.3) is 0 Å². The molecule has 0 rings (SSSR count). The van der Waals surface area contributed by atoms with Crippen molar-refractivity contribution in [3.63, 3.8) is 0 Å². The van der Waals surface area contributed by atoms with Crippen LogP contribution >= 0.6 is 0 Å². The molecule has 0 aromatic heterocycles. The molecule has 0 amide bonds. The summed E-state index contributed by atoms with van der Waals surface area (Å²) >= 11 is 0. The molecule has 0 aliphatic heterocycles. The van der Waals surface area contributed by atoms with Crippen LogP contribution in [-0.2, 0) is 0 Å². The first-order valence-corrected chi connectivity index (χ1v) is 3.48. The summed E-state index contributed by atoms with van der Waals surface area (Å²) in [5.74, 6) is 2.41. The number of aliphatic hydroxyl groups excluding tert-OH is 1. The molecule has 0 unspecified atom stereocenters. The van der Waals surface area contributed by atoms with Gasteiger partial charge in [0.25, 0.3) is 0 Å². The van der Waals surface area contributed by atoms with Gasteiger partial charge in [0, 0.05) is 6.42 Å². The fraction of sp³-hybridized carbons (Fsp3) is 0.556. The van der Waals surface area contributed by atoms with Crippen molar-refractivity contribution in [2.75, 3.05) is 0 Å². The van der Waals surface area contributed by atoms with Crippen LogP contribution in [0.15, 0.2) is 12.2 Å². The molecule has 56 valence electrons. The van der Waals surface area contributed by atoms with Crippen molar-refractivity contribution in [2.45, 2.75) is 32.3 Å². The van der Waals surface area contributed by atoms with E-state index in [9.17, 15) is 0 Å². The van der Waals surface area contributed by atoms with Gasteiger partial charge in [0.15, 0.2) is 0 Å². The summed E-state index contributed by atoms with van der Waals surface area (Å²) in [4.78, 5) is 0. The van der Waals surface area contributed by atoms with Crippen LogP contribution in [0.2, 0.25) is 0 Å². The maximum atomic E-state index is 9.15. The van der Waals surface area contributed by atoms with E-state index < -0.39 is 6.10 Å². The van der Waals surface area contributed by atoms with Crippen molar-refractivity contribution < 1.29 is 5.11 Å². The third kappa shape index (κ3) is 4.17. The Kier molecular flexibility index (Phi) is 4.70. The van der Waals surface area contributed by atoms with Crippen LogP contribution in [0.3, 0.4) is 0 Å². The van der Waals surface area contributed by atoms with Gasteiger partial charge in [-0.15, -0.1) is 12.3 Å². The predicted octanol–water partition coefficient (Wildman–Crippen LogP) is 1.73. The smallest absolute Gasteiger partial charge is 0.0686 e. The van der Waals surface area contributed by atoms with Crippen LogP contribution in [0.5, 0.6) is 0 Å². The molecule has 1 nitrogen and oxygen atoms in total. The second-order valence-corrected chi connectivity index (χ2v) is 2.37. The fourth-order valence-corrected chi connectivity index (χ4v) is 0.686. The monoisotopic (exact) mass is 138 g/mol. The number of terminal acetylenes is 1. The van der Waals surface area contributed by atoms with Gasteiger partial charge in [0.1, 0.15) is 0 Å². The van der Waals surface area contributed by atoms with E-state index in [0.29, 0.717) is 12.8 Å². The second-order valence-electron chi connectivity index (χ2n) is 2.37. The van der Waals surface area contributed by atoms with E-state index in [2.05, 4.69) is 12.5 Å². The van der Waals surface area contributed by atoms with E-state index >= 15 is 0 Å². The van der Waals surface area contributed by atoms with Crippen molar-refractivity contribution in [3.8, 4) is 12.3 Å². The van der Waals surface area contributed by atoms with Crippen molar-refractivity contribution in [2.24, 2.45) is 0 Å². The lowest BCUT2D eigenvalue weighted by Gasteiger charge is -2.06. The molecule has 10 heavy (non-hydrogen) atoms. The molecule has 1 heteroatoms. The van der Waals surface area contributed by atoms with Crippen LogP contribution in [-0.4, -0.2) is 11.2 Å². The summed E-state index contributed by atoms with van der Waals surface area (Å²) < 4.78 is 0. The first-order valence-electron chi connectivity index (χ1n) is 3.48. The van der Waals surface area contributed by atoms with Crippen LogP contribution in [0.4, 0.5) is 0 Å². The van der Waals surface area contributed by atoms with E-state index in [1.54, 1.807) is 0 Å². The molecular weight excluding hydrogens is 124 g/mol. The molecule has 0 bridgehead atoms. The number of hydrogen-bond acceptors (Lipinski definition) is 1. The topological polar surface area (TPSA) is 20.2 Å². The highest BCUT2D eigenvalue weighted by molar-refractivity contribution is 4.97. The van der Waals surface area contributed by atoms with E-state index in [4.69, 9.17) is 11.5 Å². The van der Waals surface area contributed by atoms with Crippen LogP contribution in [0.1, 0.15) is 26.2 Å². The van der Waals surface area contributed by atoms with Gasteiger partial charge in [0.2, 0.25) is 0 Å². The second kappa shape index (κ2) is 5.08. The highest BCUT2D eigenvalue weighted by atomic mass is 16.3. The molecule has 0 saturated carbocycles. The Morgan fingerprint density at radius 1 is 1.80 bits per heavy atom. The van der Waals surface area contributed by atoms with E-state index in [0.717, 1.165) is 12.0 Å². The Balaban J connectivity index is 3.49. The first kappa shape index (κ1) is 9.26. The highest BCUT2D eigenvalue weighted by Crippen LogP contribution is 2.08. The molecule has 0 radical (unpaired) electrons. The van der Waals surface area contributed by atoms with Gasteiger partial charge >= 0.3 is 0 Å². The summed E-state index contributed by atoms with van der Waals surface area (Å²) in [7, 11) is 0. The normalized spacial score (nSPS) is 12.1. The van der Waals surface area contributed by atoms with Crippen molar-refractivity contribution in [1.29, 1.82) is 0 Å². The average Bonchev–Trinajstić information content (AvgIpc) is 1.88. The number of aliphatic hydroxyl groups is 1. The van der Waals surface area contributed by atoms with Crippen molar-refractivity contribution in [3.05, 3.63) is 12.2 Å². The summed E-state index contributed by atoms with van der Waals surface area (Å²) in [6, 6.07) is 0. The molecule has 0 aliphatic carbocycles. The molecule has 0 saturated heterocycles. The molecular formula is C9H14O. The Labute approximate surface area is 62.8 Å². The molecule has 0 aromatic carbocycles. The number of hydrogen-bond donors (Lipinski definition) is 1. The van der Waals surface area contributed by atoms with E-state index in [-0.39, 0.29) is 0 Å². The van der Waals surface area contributed by atoms with Crippen LogP contribution < -0.4 is 0 Å². The van der Waals surface area contributed by atoms with Gasteiger partial charge in [-0.25, -0.2) is 0 Å². The summed E-state index contributed by atoms with van der Waals surface area (Å²) in [5.41, 5.74) is 1.06. The molecule has 0 spiro atoms. The van der Waals surface area contributed by atoms with E-state index in [1.165, 1.54) is 0 Å². The predicted molar refractivity (Wildman–Crippen MR) is 43.5 cm³/mol. The lowest BCUT2D eigenvalue weighted by molar-refractivity contribution is 0.180. The Morgan fingerprint density at radius 3 is 2.80 bits per heavy atom. The summed E-state index contributed by atoms with van der Waals surface area (Å²) in [6.07, 6.45) is 6.60. The van der Waals surface area contributed by atoms with Crippen molar-refractivity contribution in [1.82, 2.24) is 0 Å². The van der Waals surface area contributed by atoms with Gasteiger partial charge in [0.05, 0.1) is 6.10 Å². The minimum Gasteiger partial charge on any atom is -0.392 e. The first-order chi connectivity index (χ1) is 4.70. The average molecular weight is 138 g/mol. The molecule has 1 atom stereocenters. The maximum absolute atomic E-state index is 9.15. The number of rotatable bonds is 4. The summed E-state index contributed by atoms with van der Waals surface area (Å²) in [6.45, 7) is 5.79. The standard InChI is InChI=1S/C9H14O/c1-4-6-9(10)7-8(3)5-2/h1,9-10H,3,5-7H2,2H3/t9-/m0/s1. The molecule has 0 aromatic rings. The SMILES string of the molecule is C#CC[C@H](O)CC(=C)CC. The zero-order valence-electron chi connectivity index (χ0n) is 6.43. The van der Waals surface area contributed by atoms with Gasteiger partial charge < -0.3 is 5.11 Å². The Morgan fingerprint density at radius 2 is 2.40 bits per heavy atom. The van der Waals surface area contributed by atoms with Crippen molar-refractivity contribution >= 4 is 0 Å². The molecule has 0 fully saturated rings. The molecule has 0 heterocycles. The summed E-state index contributed by atoms with van der Waals surface area (Å²) in [5, 5.41) is 9.15. The van der Waals surface area contributed by atoms with Crippen LogP contribution in [0, 0.1) is 12.3 Å². The third-order valence-electron chi connectivity index (χ3n) is 1.38. The van der Waals surface area contributed by atoms with Gasteiger partial charge in [-0.3, -0.25) is 0 Å². The quantitative estimate of drug-likeness (QED) is 0.463. The Bertz CT molecular complexity index is 141. The van der Waals surface area contributed by atoms with Gasteiger partial charge in [-0.1, -0.05) is 19.1 Å². The lowest BCUT2D eigenvalue weighted by atomic mass is 10.1. The largest absolute Gasteiger partial charge is 0.392 e. The molecule has 0 aliphatic rings. The van der Waals surface area contributed by atoms with Gasteiger partial charge in [-0.2, -0.15) is 0 Å². The Hall–Kier alpha value is -0.740.